The first kappa shape index (κ1) is 23.9. The monoisotopic (exact) mass is 484 g/mol. The molecular weight excluding hydrogens is 456 g/mol. The maximum atomic E-state index is 12.5. The molecule has 34 heavy (non-hydrogen) atoms. The quantitative estimate of drug-likeness (QED) is 0.340. The van der Waals surface area contributed by atoms with E-state index in [1.54, 1.807) is 28.8 Å². The number of para-hydroxylation sites is 1. The zero-order valence-electron chi connectivity index (χ0n) is 19.1. The summed E-state index contributed by atoms with van der Waals surface area (Å²) in [5, 5.41) is 14.6. The van der Waals surface area contributed by atoms with Crippen molar-refractivity contribution < 1.29 is 19.2 Å². The maximum Gasteiger partial charge on any atom is 0.414 e. The van der Waals surface area contributed by atoms with Crippen LogP contribution in [0.3, 0.4) is 0 Å². The minimum atomic E-state index is -0.441. The Hall–Kier alpha value is -3.27. The number of nitrogens with one attached hydrogen (secondary N) is 1. The van der Waals surface area contributed by atoms with E-state index < -0.39 is 4.92 Å². The van der Waals surface area contributed by atoms with Gasteiger partial charge in [0.15, 0.2) is 0 Å². The molecule has 2 amide bonds. The summed E-state index contributed by atoms with van der Waals surface area (Å²) in [5.41, 5.74) is 2.53. The first-order chi connectivity index (χ1) is 16.5. The van der Waals surface area contributed by atoms with Crippen molar-refractivity contribution in [1.29, 1.82) is 0 Å². The average molecular weight is 485 g/mol. The number of nitrogens with zero attached hydrogens (tertiary/aromatic N) is 3. The third kappa shape index (κ3) is 5.11. The van der Waals surface area contributed by atoms with E-state index in [9.17, 15) is 19.7 Å². The Morgan fingerprint density at radius 3 is 2.71 bits per heavy atom. The van der Waals surface area contributed by atoms with Gasteiger partial charge in [-0.2, -0.15) is 11.8 Å². The molecule has 2 aromatic rings. The summed E-state index contributed by atoms with van der Waals surface area (Å²) in [6, 6.07) is 12.3. The number of amides is 2. The fraction of sp³-hybridized carbons (Fsp3) is 0.417. The van der Waals surface area contributed by atoms with E-state index in [0.717, 1.165) is 22.8 Å². The van der Waals surface area contributed by atoms with Crippen molar-refractivity contribution in [3.63, 3.8) is 0 Å². The zero-order chi connectivity index (χ0) is 24.1. The van der Waals surface area contributed by atoms with Crippen molar-refractivity contribution in [3.05, 3.63) is 63.7 Å². The second-order valence-electron chi connectivity index (χ2n) is 8.18. The predicted octanol–water partition coefficient (Wildman–Crippen LogP) is 4.20. The highest BCUT2D eigenvalue weighted by Crippen LogP contribution is 2.35. The van der Waals surface area contributed by atoms with Crippen LogP contribution < -0.4 is 15.1 Å². The van der Waals surface area contributed by atoms with Gasteiger partial charge in [-0.1, -0.05) is 25.1 Å². The second-order valence-corrected chi connectivity index (χ2v) is 9.58. The van der Waals surface area contributed by atoms with Gasteiger partial charge >= 0.3 is 6.09 Å². The molecule has 0 atom stereocenters. The first-order valence-corrected chi connectivity index (χ1v) is 12.6. The first-order valence-electron chi connectivity index (χ1n) is 11.4. The molecule has 1 N–H and O–H groups in total. The van der Waals surface area contributed by atoms with Gasteiger partial charge in [0.25, 0.3) is 11.6 Å². The van der Waals surface area contributed by atoms with Gasteiger partial charge in [0.1, 0.15) is 12.3 Å². The summed E-state index contributed by atoms with van der Waals surface area (Å²) in [7, 11) is 0. The van der Waals surface area contributed by atoms with Crippen molar-refractivity contribution >= 4 is 40.8 Å². The number of cyclic esters (lactones) is 1. The van der Waals surface area contributed by atoms with E-state index >= 15 is 0 Å². The summed E-state index contributed by atoms with van der Waals surface area (Å²) >= 11 is 1.72. The number of carbonyl (C=O) groups excluding carboxylic acids is 2. The van der Waals surface area contributed by atoms with Crippen LogP contribution in [0.5, 0.6) is 0 Å². The zero-order valence-corrected chi connectivity index (χ0v) is 19.9. The van der Waals surface area contributed by atoms with Gasteiger partial charge < -0.3 is 15.0 Å². The molecule has 1 fully saturated rings. The molecule has 0 saturated carbocycles. The fourth-order valence-electron chi connectivity index (χ4n) is 4.45. The number of carbonyl (C=O) groups is 2. The molecule has 0 radical (unpaired) electrons. The van der Waals surface area contributed by atoms with E-state index in [1.165, 1.54) is 6.07 Å². The Morgan fingerprint density at radius 2 is 1.97 bits per heavy atom. The minimum Gasteiger partial charge on any atom is -0.444 e. The van der Waals surface area contributed by atoms with Crippen LogP contribution >= 0.6 is 11.8 Å². The van der Waals surface area contributed by atoms with Crippen molar-refractivity contribution in [2.24, 2.45) is 0 Å². The number of thioether (sulfide) groups is 1. The van der Waals surface area contributed by atoms with Crippen molar-refractivity contribution in [2.75, 3.05) is 40.9 Å². The Kier molecular flexibility index (Phi) is 7.56. The Balaban J connectivity index is 1.45. The topological polar surface area (TPSA) is 105 Å². The summed E-state index contributed by atoms with van der Waals surface area (Å²) in [4.78, 5) is 40.0. The maximum absolute atomic E-state index is 12.5. The highest BCUT2D eigenvalue weighted by atomic mass is 32.2. The van der Waals surface area contributed by atoms with Crippen LogP contribution in [0, 0.1) is 10.1 Å². The number of fused-ring (bicyclic) bond motifs is 1. The summed E-state index contributed by atoms with van der Waals surface area (Å²) < 4.78 is 5.35. The molecule has 0 aromatic heterocycles. The van der Waals surface area contributed by atoms with Gasteiger partial charge in [-0.15, -0.1) is 0 Å². The molecule has 1 saturated heterocycles. The Labute approximate surface area is 202 Å². The lowest BCUT2D eigenvalue weighted by Gasteiger charge is -2.40. The van der Waals surface area contributed by atoms with Crippen LogP contribution in [-0.4, -0.2) is 54.1 Å². The average Bonchev–Trinajstić information content (AvgIpc) is 2.86. The van der Waals surface area contributed by atoms with Gasteiger partial charge in [-0.05, 0) is 36.8 Å². The molecular formula is C24H28N4O5S. The summed E-state index contributed by atoms with van der Waals surface area (Å²) in [6.45, 7) is 3.94. The van der Waals surface area contributed by atoms with E-state index in [-0.39, 0.29) is 35.9 Å². The predicted molar refractivity (Wildman–Crippen MR) is 133 cm³/mol. The number of ether oxygens (including phenoxy) is 1. The molecule has 4 rings (SSSR count). The SMILES string of the molecule is CCSCCNC(=O)c1ccc(N2CCC(N3C(=O)OCc4ccccc43)CC2)c([N+](=O)[O-])c1. The number of benzene rings is 2. The number of piperidine rings is 1. The number of nitro benzene ring substituents is 1. The summed E-state index contributed by atoms with van der Waals surface area (Å²) in [6.07, 6.45) is 0.950. The van der Waals surface area contributed by atoms with Gasteiger partial charge in [0.2, 0.25) is 0 Å². The lowest BCUT2D eigenvalue weighted by Crippen LogP contribution is -2.49. The smallest absolute Gasteiger partial charge is 0.414 e. The molecule has 0 unspecified atom stereocenters. The molecule has 9 nitrogen and oxygen atoms in total. The van der Waals surface area contributed by atoms with E-state index in [0.29, 0.717) is 38.2 Å². The molecule has 180 valence electrons. The molecule has 0 spiro atoms. The van der Waals surface area contributed by atoms with E-state index in [2.05, 4.69) is 12.2 Å². The van der Waals surface area contributed by atoms with Gasteiger partial charge in [0.05, 0.1) is 10.6 Å². The second kappa shape index (κ2) is 10.8. The van der Waals surface area contributed by atoms with Gasteiger partial charge in [-0.3, -0.25) is 19.8 Å². The lowest BCUT2D eigenvalue weighted by molar-refractivity contribution is -0.384. The summed E-state index contributed by atoms with van der Waals surface area (Å²) in [5.74, 6) is 1.46. The van der Waals surface area contributed by atoms with E-state index in [1.807, 2.05) is 29.2 Å². The molecule has 2 aliphatic heterocycles. The van der Waals surface area contributed by atoms with Gasteiger partial charge in [0, 0.05) is 48.6 Å². The van der Waals surface area contributed by atoms with Crippen LogP contribution in [0.15, 0.2) is 42.5 Å². The van der Waals surface area contributed by atoms with Crippen LogP contribution in [0.4, 0.5) is 21.9 Å². The lowest BCUT2D eigenvalue weighted by atomic mass is 9.99. The molecule has 10 heteroatoms. The van der Waals surface area contributed by atoms with Crippen LogP contribution in [0.2, 0.25) is 0 Å². The largest absolute Gasteiger partial charge is 0.444 e. The number of anilines is 2. The normalized spacial score (nSPS) is 16.1. The third-order valence-electron chi connectivity index (χ3n) is 6.14. The van der Waals surface area contributed by atoms with Crippen molar-refractivity contribution in [2.45, 2.75) is 32.4 Å². The fourth-order valence-corrected chi connectivity index (χ4v) is 4.98. The number of nitro groups is 1. The molecule has 2 aromatic carbocycles. The number of rotatable bonds is 8. The number of hydrogen-bond donors (Lipinski definition) is 1. The number of hydrogen-bond acceptors (Lipinski definition) is 7. The van der Waals surface area contributed by atoms with Crippen molar-refractivity contribution in [1.82, 2.24) is 5.32 Å². The van der Waals surface area contributed by atoms with Crippen LogP contribution in [-0.2, 0) is 11.3 Å². The minimum absolute atomic E-state index is 0.0460. The van der Waals surface area contributed by atoms with E-state index in [4.69, 9.17) is 4.74 Å². The van der Waals surface area contributed by atoms with Crippen LogP contribution in [0.1, 0.15) is 35.7 Å². The highest BCUT2D eigenvalue weighted by Gasteiger charge is 2.35. The Bertz CT molecular complexity index is 1070. The standard InChI is InChI=1S/C24H28N4O5S/c1-2-34-14-11-25-23(29)17-7-8-21(22(15-17)28(31)32)26-12-9-19(10-13-26)27-20-6-4-3-5-18(20)16-33-24(27)30/h3-8,15,19H,2,9-14,16H2,1H3,(H,25,29). The third-order valence-corrected chi connectivity index (χ3v) is 7.04. The molecule has 0 aliphatic carbocycles. The molecule has 2 heterocycles. The molecule has 0 bridgehead atoms. The Morgan fingerprint density at radius 1 is 1.21 bits per heavy atom. The molecule has 2 aliphatic rings. The van der Waals surface area contributed by atoms with Crippen molar-refractivity contribution in [3.8, 4) is 0 Å². The van der Waals surface area contributed by atoms with Crippen LogP contribution in [0.25, 0.3) is 0 Å². The highest BCUT2D eigenvalue weighted by molar-refractivity contribution is 7.99. The van der Waals surface area contributed by atoms with Gasteiger partial charge in [-0.25, -0.2) is 4.79 Å².